The Bertz CT molecular complexity index is 532. The lowest BCUT2D eigenvalue weighted by atomic mass is 10.2. The van der Waals surface area contributed by atoms with Crippen LogP contribution >= 0.6 is 11.6 Å². The molecule has 0 bridgehead atoms. The average Bonchev–Trinajstić information content (AvgIpc) is 2.38. The van der Waals surface area contributed by atoms with Crippen molar-refractivity contribution in [2.45, 2.75) is 24.8 Å². The van der Waals surface area contributed by atoms with Crippen LogP contribution in [0.15, 0.2) is 17.0 Å². The highest BCUT2D eigenvalue weighted by molar-refractivity contribution is 7.89. The van der Waals surface area contributed by atoms with Gasteiger partial charge in [-0.15, -0.1) is 0 Å². The van der Waals surface area contributed by atoms with Gasteiger partial charge in [-0.25, -0.2) is 13.1 Å². The third-order valence-electron chi connectivity index (χ3n) is 2.60. The fourth-order valence-corrected chi connectivity index (χ4v) is 2.96. The Morgan fingerprint density at radius 3 is 2.58 bits per heavy atom. The van der Waals surface area contributed by atoms with E-state index in [0.717, 1.165) is 18.5 Å². The first kappa shape index (κ1) is 16.2. The fourth-order valence-electron chi connectivity index (χ4n) is 1.70. The number of nitrogens with one attached hydrogen (secondary N) is 2. The molecule has 1 aromatic carbocycles. The summed E-state index contributed by atoms with van der Waals surface area (Å²) in [5.41, 5.74) is 0.720. The second-order valence-corrected chi connectivity index (χ2v) is 6.27. The third kappa shape index (κ3) is 4.07. The number of sulfonamides is 1. The molecule has 0 atom stereocenters. The minimum atomic E-state index is -3.60. The second-order valence-electron chi connectivity index (χ2n) is 3.98. The Balaban J connectivity index is 3.25. The number of benzene rings is 1. The van der Waals surface area contributed by atoms with Crippen LogP contribution < -0.4 is 14.8 Å². The van der Waals surface area contributed by atoms with Gasteiger partial charge in [0.15, 0.2) is 0 Å². The molecule has 1 aromatic rings. The minimum Gasteiger partial charge on any atom is -0.495 e. The second kappa shape index (κ2) is 7.09. The summed E-state index contributed by atoms with van der Waals surface area (Å²) in [7, 11) is -0.806. The van der Waals surface area contributed by atoms with Gasteiger partial charge in [0, 0.05) is 17.1 Å². The Morgan fingerprint density at radius 2 is 2.05 bits per heavy atom. The van der Waals surface area contributed by atoms with Crippen LogP contribution in [0.25, 0.3) is 0 Å². The number of hydrogen-bond donors (Lipinski definition) is 2. The minimum absolute atomic E-state index is 0.0540. The van der Waals surface area contributed by atoms with Gasteiger partial charge in [0.2, 0.25) is 10.0 Å². The topological polar surface area (TPSA) is 67.4 Å². The van der Waals surface area contributed by atoms with E-state index >= 15 is 0 Å². The predicted molar refractivity (Wildman–Crippen MR) is 76.2 cm³/mol. The summed E-state index contributed by atoms with van der Waals surface area (Å²) in [6.45, 7) is 3.40. The zero-order chi connectivity index (χ0) is 14.5. The predicted octanol–water partition coefficient (Wildman–Crippen LogP) is 1.76. The summed E-state index contributed by atoms with van der Waals surface area (Å²) in [4.78, 5) is 0.0540. The lowest BCUT2D eigenvalue weighted by molar-refractivity contribution is 0.395. The molecule has 5 nitrogen and oxygen atoms in total. The molecule has 7 heteroatoms. The summed E-state index contributed by atoms with van der Waals surface area (Å²) < 4.78 is 31.4. The van der Waals surface area contributed by atoms with Crippen molar-refractivity contribution in [1.29, 1.82) is 0 Å². The molecule has 108 valence electrons. The summed E-state index contributed by atoms with van der Waals surface area (Å²) in [5.74, 6) is 0.322. The zero-order valence-electron chi connectivity index (χ0n) is 11.3. The van der Waals surface area contributed by atoms with Crippen molar-refractivity contribution in [3.63, 3.8) is 0 Å². The molecule has 0 spiro atoms. The van der Waals surface area contributed by atoms with E-state index in [1.54, 1.807) is 6.07 Å². The largest absolute Gasteiger partial charge is 0.495 e. The number of halogens is 1. The van der Waals surface area contributed by atoms with E-state index in [9.17, 15) is 8.42 Å². The van der Waals surface area contributed by atoms with E-state index in [1.165, 1.54) is 20.2 Å². The maximum Gasteiger partial charge on any atom is 0.244 e. The summed E-state index contributed by atoms with van der Waals surface area (Å²) in [5, 5.41) is 3.56. The molecule has 0 aliphatic rings. The molecule has 0 fully saturated rings. The van der Waals surface area contributed by atoms with Crippen LogP contribution in [0.4, 0.5) is 0 Å². The molecule has 19 heavy (non-hydrogen) atoms. The number of hydrogen-bond acceptors (Lipinski definition) is 4. The molecule has 0 aliphatic heterocycles. The quantitative estimate of drug-likeness (QED) is 0.753. The fraction of sp³-hybridized carbons (Fsp3) is 0.500. The molecule has 0 saturated heterocycles. The van der Waals surface area contributed by atoms with Gasteiger partial charge in [0.1, 0.15) is 10.6 Å². The molecule has 1 rings (SSSR count). The Labute approximate surface area is 119 Å². The van der Waals surface area contributed by atoms with Crippen molar-refractivity contribution < 1.29 is 13.2 Å². The van der Waals surface area contributed by atoms with E-state index < -0.39 is 10.0 Å². The van der Waals surface area contributed by atoms with Crippen LogP contribution in [0, 0.1) is 0 Å². The van der Waals surface area contributed by atoms with Crippen LogP contribution in [0.3, 0.4) is 0 Å². The van der Waals surface area contributed by atoms with Crippen molar-refractivity contribution in [3.05, 3.63) is 22.7 Å². The van der Waals surface area contributed by atoms with Crippen LogP contribution in [-0.4, -0.2) is 29.1 Å². The summed E-state index contributed by atoms with van der Waals surface area (Å²) in [6.07, 6.45) is 0.991. The molecule has 0 amide bonds. The lowest BCUT2D eigenvalue weighted by Crippen LogP contribution is -2.21. The monoisotopic (exact) mass is 306 g/mol. The van der Waals surface area contributed by atoms with E-state index in [-0.39, 0.29) is 4.90 Å². The van der Waals surface area contributed by atoms with Crippen LogP contribution in [0.5, 0.6) is 5.75 Å². The molecule has 0 aliphatic carbocycles. The van der Waals surface area contributed by atoms with E-state index in [2.05, 4.69) is 17.0 Å². The normalized spacial score (nSPS) is 11.6. The van der Waals surface area contributed by atoms with Gasteiger partial charge in [-0.2, -0.15) is 0 Å². The average molecular weight is 307 g/mol. The first-order valence-electron chi connectivity index (χ1n) is 5.97. The van der Waals surface area contributed by atoms with Crippen molar-refractivity contribution in [1.82, 2.24) is 10.0 Å². The van der Waals surface area contributed by atoms with Crippen molar-refractivity contribution in [2.24, 2.45) is 0 Å². The van der Waals surface area contributed by atoms with E-state index in [1.807, 2.05) is 0 Å². The smallest absolute Gasteiger partial charge is 0.244 e. The number of methoxy groups -OCH3 is 1. The molecular formula is C12H19ClN2O3S. The standard InChI is InChI=1S/C12H19ClN2O3S/c1-4-5-15-8-9-6-10(13)7-11(12(9)18-3)19(16,17)14-2/h6-7,14-15H,4-5,8H2,1-3H3. The van der Waals surface area contributed by atoms with Crippen LogP contribution in [0.2, 0.25) is 5.02 Å². The Kier molecular flexibility index (Phi) is 6.06. The van der Waals surface area contributed by atoms with Gasteiger partial charge in [0.05, 0.1) is 7.11 Å². The highest BCUT2D eigenvalue weighted by Gasteiger charge is 2.21. The SMILES string of the molecule is CCCNCc1cc(Cl)cc(S(=O)(=O)NC)c1OC. The van der Waals surface area contributed by atoms with Gasteiger partial charge in [-0.05, 0) is 32.1 Å². The number of rotatable bonds is 7. The maximum absolute atomic E-state index is 11.9. The Morgan fingerprint density at radius 1 is 1.37 bits per heavy atom. The van der Waals surface area contributed by atoms with Crippen molar-refractivity contribution in [3.8, 4) is 5.75 Å². The van der Waals surface area contributed by atoms with Gasteiger partial charge >= 0.3 is 0 Å². The lowest BCUT2D eigenvalue weighted by Gasteiger charge is -2.14. The number of ether oxygens (including phenoxy) is 1. The maximum atomic E-state index is 11.9. The van der Waals surface area contributed by atoms with E-state index in [4.69, 9.17) is 16.3 Å². The zero-order valence-corrected chi connectivity index (χ0v) is 12.9. The molecule has 0 heterocycles. The molecule has 0 radical (unpaired) electrons. The van der Waals surface area contributed by atoms with Gasteiger partial charge in [-0.3, -0.25) is 0 Å². The third-order valence-corrected chi connectivity index (χ3v) is 4.24. The first-order chi connectivity index (χ1) is 8.96. The molecular weight excluding hydrogens is 288 g/mol. The first-order valence-corrected chi connectivity index (χ1v) is 7.83. The highest BCUT2D eigenvalue weighted by Crippen LogP contribution is 2.31. The van der Waals surface area contributed by atoms with Gasteiger partial charge < -0.3 is 10.1 Å². The van der Waals surface area contributed by atoms with E-state index in [0.29, 0.717) is 17.3 Å². The highest BCUT2D eigenvalue weighted by atomic mass is 35.5. The molecule has 2 N–H and O–H groups in total. The molecule has 0 saturated carbocycles. The van der Waals surface area contributed by atoms with Crippen LogP contribution in [-0.2, 0) is 16.6 Å². The van der Waals surface area contributed by atoms with Crippen molar-refractivity contribution in [2.75, 3.05) is 20.7 Å². The summed E-state index contributed by atoms with van der Waals surface area (Å²) >= 11 is 5.98. The Hall–Kier alpha value is -0.820. The molecule has 0 unspecified atom stereocenters. The van der Waals surface area contributed by atoms with Gasteiger partial charge in [-0.1, -0.05) is 18.5 Å². The molecule has 0 aromatic heterocycles. The van der Waals surface area contributed by atoms with Gasteiger partial charge in [0.25, 0.3) is 0 Å². The summed E-state index contributed by atoms with van der Waals surface area (Å²) in [6, 6.07) is 3.09. The van der Waals surface area contributed by atoms with Crippen LogP contribution in [0.1, 0.15) is 18.9 Å². The van der Waals surface area contributed by atoms with Crippen molar-refractivity contribution >= 4 is 21.6 Å².